The first-order valence-corrected chi connectivity index (χ1v) is 7.91. The van der Waals surface area contributed by atoms with Gasteiger partial charge in [-0.05, 0) is 88.9 Å². The van der Waals surface area contributed by atoms with E-state index in [2.05, 4.69) is 13.8 Å². The van der Waals surface area contributed by atoms with Crippen molar-refractivity contribution in [2.45, 2.75) is 77.4 Å². The molecule has 2 heteroatoms. The van der Waals surface area contributed by atoms with E-state index < -0.39 is 5.60 Å². The van der Waals surface area contributed by atoms with Crippen molar-refractivity contribution in [3.63, 3.8) is 0 Å². The number of aliphatic hydroxyl groups is 1. The summed E-state index contributed by atoms with van der Waals surface area (Å²) < 4.78 is 5.90. The Kier molecular flexibility index (Phi) is 2.75. The van der Waals surface area contributed by atoms with Gasteiger partial charge in [0.1, 0.15) is 0 Å². The first-order valence-electron chi connectivity index (χ1n) is 7.91. The molecule has 0 heterocycles. The fraction of sp³-hybridized carbons (Fsp3) is 1.00. The molecule has 2 nitrogen and oxygen atoms in total. The lowest BCUT2D eigenvalue weighted by atomic mass is 9.38. The molecule has 0 aromatic rings. The van der Waals surface area contributed by atoms with Crippen LogP contribution in [0.5, 0.6) is 0 Å². The maximum Gasteiger partial charge on any atom is 0.0679 e. The Balaban J connectivity index is 2.03. The van der Waals surface area contributed by atoms with Crippen molar-refractivity contribution in [3.8, 4) is 0 Å². The Morgan fingerprint density at radius 1 is 0.947 bits per heavy atom. The van der Waals surface area contributed by atoms with Crippen molar-refractivity contribution in [1.82, 2.24) is 0 Å². The van der Waals surface area contributed by atoms with Crippen LogP contribution >= 0.6 is 0 Å². The summed E-state index contributed by atoms with van der Waals surface area (Å²) in [6.07, 6.45) is 7.62. The molecule has 2 atom stereocenters. The van der Waals surface area contributed by atoms with Gasteiger partial charge in [0.25, 0.3) is 0 Å². The van der Waals surface area contributed by atoms with E-state index in [0.29, 0.717) is 0 Å². The third-order valence-corrected chi connectivity index (χ3v) is 7.15. The van der Waals surface area contributed by atoms with Gasteiger partial charge in [-0.15, -0.1) is 0 Å². The molecular formula is C17H30O2. The SMILES string of the molecule is COC(C)(C)C12CC3CC(CC(C(C)(C)O)(C3)C1)C2. The predicted molar refractivity (Wildman–Crippen MR) is 76.9 cm³/mol. The molecule has 0 spiro atoms. The van der Waals surface area contributed by atoms with Gasteiger partial charge in [-0.2, -0.15) is 0 Å². The van der Waals surface area contributed by atoms with Gasteiger partial charge in [0.2, 0.25) is 0 Å². The molecule has 2 unspecified atom stereocenters. The van der Waals surface area contributed by atoms with E-state index in [4.69, 9.17) is 4.74 Å². The van der Waals surface area contributed by atoms with Gasteiger partial charge in [-0.25, -0.2) is 0 Å². The summed E-state index contributed by atoms with van der Waals surface area (Å²) in [5.74, 6) is 1.61. The van der Waals surface area contributed by atoms with Gasteiger partial charge in [-0.3, -0.25) is 0 Å². The maximum absolute atomic E-state index is 10.8. The van der Waals surface area contributed by atoms with E-state index >= 15 is 0 Å². The molecule has 4 saturated carbocycles. The van der Waals surface area contributed by atoms with Crippen molar-refractivity contribution < 1.29 is 9.84 Å². The molecule has 4 aliphatic rings. The molecule has 0 aromatic carbocycles. The summed E-state index contributed by atoms with van der Waals surface area (Å²) in [5.41, 5.74) is -0.209. The summed E-state index contributed by atoms with van der Waals surface area (Å²) in [4.78, 5) is 0. The number of hydrogen-bond donors (Lipinski definition) is 1. The van der Waals surface area contributed by atoms with Crippen LogP contribution in [-0.2, 0) is 4.74 Å². The summed E-state index contributed by atoms with van der Waals surface area (Å²) >= 11 is 0. The molecule has 0 aliphatic heterocycles. The molecule has 0 aromatic heterocycles. The number of ether oxygens (including phenoxy) is 1. The van der Waals surface area contributed by atoms with Gasteiger partial charge >= 0.3 is 0 Å². The van der Waals surface area contributed by atoms with Crippen LogP contribution in [-0.4, -0.2) is 23.4 Å². The van der Waals surface area contributed by atoms with Crippen LogP contribution in [0, 0.1) is 22.7 Å². The Hall–Kier alpha value is -0.0800. The summed E-state index contributed by atoms with van der Waals surface area (Å²) in [6, 6.07) is 0. The maximum atomic E-state index is 10.8. The average Bonchev–Trinajstić information content (AvgIpc) is 2.25. The lowest BCUT2D eigenvalue weighted by molar-refractivity contribution is -0.242. The topological polar surface area (TPSA) is 29.5 Å². The standard InChI is InChI=1S/C17H30O2/c1-14(2,18)16-7-12-6-13(8-16)10-17(9-12,11-16)15(3,4)19-5/h12-13,18H,6-11H2,1-5H3. The van der Waals surface area contributed by atoms with Gasteiger partial charge < -0.3 is 9.84 Å². The molecule has 0 amide bonds. The highest BCUT2D eigenvalue weighted by Gasteiger charge is 2.65. The third kappa shape index (κ3) is 1.75. The van der Waals surface area contributed by atoms with Crippen molar-refractivity contribution >= 4 is 0 Å². The minimum absolute atomic E-state index is 0.0682. The van der Waals surface area contributed by atoms with E-state index in [1.807, 2.05) is 21.0 Å². The molecule has 4 bridgehead atoms. The number of methoxy groups -OCH3 is 1. The zero-order valence-corrected chi connectivity index (χ0v) is 13.3. The normalized spacial score (nSPS) is 45.8. The van der Waals surface area contributed by atoms with Gasteiger partial charge in [0.05, 0.1) is 11.2 Å². The Labute approximate surface area is 117 Å². The van der Waals surface area contributed by atoms with Crippen LogP contribution in [0.3, 0.4) is 0 Å². The number of hydrogen-bond acceptors (Lipinski definition) is 2. The molecular weight excluding hydrogens is 236 g/mol. The van der Waals surface area contributed by atoms with Crippen LogP contribution in [0.15, 0.2) is 0 Å². The lowest BCUT2D eigenvalue weighted by Crippen LogP contribution is -2.64. The van der Waals surface area contributed by atoms with Crippen LogP contribution < -0.4 is 0 Å². The van der Waals surface area contributed by atoms with Gasteiger partial charge in [-0.1, -0.05) is 0 Å². The van der Waals surface area contributed by atoms with Crippen LogP contribution in [0.2, 0.25) is 0 Å². The fourth-order valence-electron chi connectivity index (χ4n) is 5.90. The fourth-order valence-corrected chi connectivity index (χ4v) is 5.90. The van der Waals surface area contributed by atoms with Crippen molar-refractivity contribution in [2.75, 3.05) is 7.11 Å². The molecule has 0 saturated heterocycles. The molecule has 4 rings (SSSR count). The first kappa shape index (κ1) is 13.9. The highest BCUT2D eigenvalue weighted by atomic mass is 16.5. The first-order chi connectivity index (χ1) is 8.63. The highest BCUT2D eigenvalue weighted by molar-refractivity contribution is 5.15. The molecule has 4 aliphatic carbocycles. The summed E-state index contributed by atoms with van der Waals surface area (Å²) in [7, 11) is 1.86. The second-order valence-corrected chi connectivity index (χ2v) is 8.80. The molecule has 0 radical (unpaired) electrons. The van der Waals surface area contributed by atoms with E-state index in [0.717, 1.165) is 18.3 Å². The largest absolute Gasteiger partial charge is 0.390 e. The lowest BCUT2D eigenvalue weighted by Gasteiger charge is -2.68. The zero-order chi connectivity index (χ0) is 14.1. The minimum atomic E-state index is -0.556. The number of rotatable bonds is 3. The Bertz CT molecular complexity index is 363. The van der Waals surface area contributed by atoms with E-state index in [1.54, 1.807) is 0 Å². The summed E-state index contributed by atoms with van der Waals surface area (Å²) in [5, 5.41) is 10.8. The average molecular weight is 266 g/mol. The molecule has 1 N–H and O–H groups in total. The quantitative estimate of drug-likeness (QED) is 0.842. The van der Waals surface area contributed by atoms with Crippen molar-refractivity contribution in [2.24, 2.45) is 22.7 Å². The molecule has 19 heavy (non-hydrogen) atoms. The van der Waals surface area contributed by atoms with Crippen LogP contribution in [0.4, 0.5) is 0 Å². The second-order valence-electron chi connectivity index (χ2n) is 8.80. The van der Waals surface area contributed by atoms with Crippen LogP contribution in [0.1, 0.15) is 66.2 Å². The monoisotopic (exact) mass is 266 g/mol. The zero-order valence-electron chi connectivity index (χ0n) is 13.3. The Morgan fingerprint density at radius 2 is 1.42 bits per heavy atom. The molecule has 4 fully saturated rings. The Morgan fingerprint density at radius 3 is 1.84 bits per heavy atom. The molecule has 110 valence electrons. The smallest absolute Gasteiger partial charge is 0.0679 e. The summed E-state index contributed by atoms with van der Waals surface area (Å²) in [6.45, 7) is 8.59. The van der Waals surface area contributed by atoms with E-state index in [9.17, 15) is 5.11 Å². The third-order valence-electron chi connectivity index (χ3n) is 7.15. The highest BCUT2D eigenvalue weighted by Crippen LogP contribution is 2.70. The minimum Gasteiger partial charge on any atom is -0.390 e. The van der Waals surface area contributed by atoms with E-state index in [-0.39, 0.29) is 16.4 Å². The second kappa shape index (κ2) is 3.76. The van der Waals surface area contributed by atoms with Gasteiger partial charge in [0.15, 0.2) is 0 Å². The van der Waals surface area contributed by atoms with E-state index in [1.165, 1.54) is 32.1 Å². The van der Waals surface area contributed by atoms with Crippen LogP contribution in [0.25, 0.3) is 0 Å². The van der Waals surface area contributed by atoms with Crippen molar-refractivity contribution in [3.05, 3.63) is 0 Å². The van der Waals surface area contributed by atoms with Gasteiger partial charge in [0, 0.05) is 7.11 Å². The van der Waals surface area contributed by atoms with Crippen molar-refractivity contribution in [1.29, 1.82) is 0 Å². The predicted octanol–water partition coefficient (Wildman–Crippen LogP) is 3.77.